The van der Waals surface area contributed by atoms with Crippen LogP contribution in [0, 0.1) is 0 Å². The Labute approximate surface area is 598 Å². The van der Waals surface area contributed by atoms with E-state index in [4.69, 9.17) is 0 Å². The van der Waals surface area contributed by atoms with Crippen LogP contribution in [0.5, 0.6) is 0 Å². The second kappa shape index (κ2) is 21.0. The lowest BCUT2D eigenvalue weighted by atomic mass is 9.64. The minimum absolute atomic E-state index is 0.610. The predicted molar refractivity (Wildman–Crippen MR) is 425 cm³/mol. The van der Waals surface area contributed by atoms with Gasteiger partial charge in [-0.05, 0) is 221 Å². The van der Waals surface area contributed by atoms with E-state index in [1.807, 2.05) is 0 Å². The number of rotatable bonds is 5. The summed E-state index contributed by atoms with van der Waals surface area (Å²) in [4.78, 5) is 4.96. The van der Waals surface area contributed by atoms with Gasteiger partial charge in [0, 0.05) is 11.4 Å². The Morgan fingerprint density at radius 3 is 0.835 bits per heavy atom. The van der Waals surface area contributed by atoms with Crippen LogP contribution in [0.3, 0.4) is 0 Å². The van der Waals surface area contributed by atoms with Crippen LogP contribution >= 0.6 is 0 Å². The zero-order chi connectivity index (χ0) is 67.3. The fourth-order valence-corrected chi connectivity index (χ4v) is 20.8. The quantitative estimate of drug-likeness (QED) is 0.159. The summed E-state index contributed by atoms with van der Waals surface area (Å²) in [6, 6.07) is 144. The highest BCUT2D eigenvalue weighted by Gasteiger charge is 2.56. The molecular formula is C101H62N2. The van der Waals surface area contributed by atoms with Gasteiger partial charge in [-0.2, -0.15) is 0 Å². The molecule has 476 valence electrons. The summed E-state index contributed by atoms with van der Waals surface area (Å²) in [5.41, 5.74) is 38.2. The summed E-state index contributed by atoms with van der Waals surface area (Å²) < 4.78 is 0. The first-order valence-electron chi connectivity index (χ1n) is 36.2. The Bertz CT molecular complexity index is 6080. The van der Waals surface area contributed by atoms with Crippen LogP contribution in [0.4, 0.5) is 34.1 Å². The number of benzene rings is 17. The van der Waals surface area contributed by atoms with Gasteiger partial charge in [0.2, 0.25) is 0 Å². The molecule has 103 heavy (non-hydrogen) atoms. The van der Waals surface area contributed by atoms with E-state index in [0.29, 0.717) is 0 Å². The van der Waals surface area contributed by atoms with Crippen LogP contribution in [0.2, 0.25) is 0 Å². The molecular weight excluding hydrogens is 1240 g/mol. The minimum Gasteiger partial charge on any atom is -0.310 e. The molecule has 2 heterocycles. The summed E-state index contributed by atoms with van der Waals surface area (Å²) in [6.07, 6.45) is 0. The molecule has 0 bridgehead atoms. The van der Waals surface area contributed by atoms with Crippen molar-refractivity contribution in [1.82, 2.24) is 0 Å². The summed E-state index contributed by atoms with van der Waals surface area (Å²) in [5, 5.41) is 4.85. The highest BCUT2D eigenvalue weighted by atomic mass is 15.2. The molecule has 0 atom stereocenters. The van der Waals surface area contributed by atoms with E-state index in [1.165, 1.54) is 189 Å². The zero-order valence-corrected chi connectivity index (χ0v) is 56.2. The molecule has 0 amide bonds. The summed E-state index contributed by atoms with van der Waals surface area (Å²) in [5.74, 6) is 0. The molecule has 3 spiro atoms. The second-order valence-electron chi connectivity index (χ2n) is 28.6. The van der Waals surface area contributed by atoms with E-state index in [1.54, 1.807) is 0 Å². The number of anilines is 6. The Morgan fingerprint density at radius 2 is 0.427 bits per heavy atom. The van der Waals surface area contributed by atoms with Crippen molar-refractivity contribution in [2.45, 2.75) is 16.2 Å². The van der Waals surface area contributed by atoms with Gasteiger partial charge in [-0.15, -0.1) is 0 Å². The van der Waals surface area contributed by atoms with Crippen LogP contribution in [-0.2, 0) is 16.2 Å². The molecule has 6 aliphatic rings. The van der Waals surface area contributed by atoms with E-state index in [9.17, 15) is 0 Å². The lowest BCUT2D eigenvalue weighted by molar-refractivity contribution is 0.753. The zero-order valence-electron chi connectivity index (χ0n) is 56.2. The molecule has 0 fully saturated rings. The molecule has 4 aliphatic carbocycles. The lowest BCUT2D eigenvalue weighted by Gasteiger charge is -2.45. The summed E-state index contributed by atoms with van der Waals surface area (Å²) in [6.45, 7) is 0. The van der Waals surface area contributed by atoms with Gasteiger partial charge in [-0.1, -0.05) is 322 Å². The van der Waals surface area contributed by atoms with Gasteiger partial charge in [0.1, 0.15) is 0 Å². The van der Waals surface area contributed by atoms with Gasteiger partial charge in [-0.3, -0.25) is 0 Å². The molecule has 23 rings (SSSR count). The van der Waals surface area contributed by atoms with Crippen LogP contribution < -0.4 is 9.80 Å². The van der Waals surface area contributed by atoms with Crippen LogP contribution in [0.1, 0.15) is 66.8 Å². The van der Waals surface area contributed by atoms with Gasteiger partial charge >= 0.3 is 0 Å². The number of hydrogen-bond donors (Lipinski definition) is 0. The van der Waals surface area contributed by atoms with E-state index in [2.05, 4.69) is 386 Å². The maximum Gasteiger partial charge on any atom is 0.0754 e. The smallest absolute Gasteiger partial charge is 0.0754 e. The molecule has 0 N–H and O–H groups in total. The van der Waals surface area contributed by atoms with Crippen LogP contribution in [0.15, 0.2) is 376 Å². The minimum atomic E-state index is -0.641. The number of fused-ring (bicyclic) bond motifs is 30. The molecule has 0 radical (unpaired) electrons. The average Bonchev–Trinajstić information content (AvgIpc) is 1.50. The third-order valence-corrected chi connectivity index (χ3v) is 24.3. The fraction of sp³-hybridized carbons (Fsp3) is 0.0297. The molecule has 0 saturated carbocycles. The highest BCUT2D eigenvalue weighted by Crippen LogP contribution is 2.69. The van der Waals surface area contributed by atoms with Crippen molar-refractivity contribution >= 4 is 55.7 Å². The number of para-hydroxylation sites is 6. The molecule has 0 unspecified atom stereocenters. The molecule has 17 aromatic carbocycles. The maximum absolute atomic E-state index is 2.60. The van der Waals surface area contributed by atoms with E-state index < -0.39 is 16.2 Å². The normalized spacial score (nSPS) is 14.6. The Balaban J connectivity index is 0.835. The molecule has 2 nitrogen and oxygen atoms in total. The average molecular weight is 1300 g/mol. The molecule has 2 aliphatic heterocycles. The first kappa shape index (κ1) is 56.7. The van der Waals surface area contributed by atoms with Crippen LogP contribution in [0.25, 0.3) is 99.4 Å². The van der Waals surface area contributed by atoms with Gasteiger partial charge in [0.25, 0.3) is 0 Å². The Kier molecular flexibility index (Phi) is 11.5. The predicted octanol–water partition coefficient (Wildman–Crippen LogP) is 25.6. The summed E-state index contributed by atoms with van der Waals surface area (Å²) in [7, 11) is 0. The first-order valence-corrected chi connectivity index (χ1v) is 36.2. The molecule has 17 aromatic rings. The van der Waals surface area contributed by atoms with Crippen molar-refractivity contribution in [1.29, 1.82) is 0 Å². The van der Waals surface area contributed by atoms with Crippen molar-refractivity contribution in [3.05, 3.63) is 443 Å². The van der Waals surface area contributed by atoms with Crippen molar-refractivity contribution < 1.29 is 0 Å². The second-order valence-corrected chi connectivity index (χ2v) is 28.6. The largest absolute Gasteiger partial charge is 0.310 e. The van der Waals surface area contributed by atoms with Gasteiger partial charge in [0.05, 0.1) is 39.0 Å². The topological polar surface area (TPSA) is 6.48 Å². The number of hydrogen-bond acceptors (Lipinski definition) is 2. The van der Waals surface area contributed by atoms with Gasteiger partial charge < -0.3 is 9.80 Å². The maximum atomic E-state index is 2.60. The van der Waals surface area contributed by atoms with Crippen molar-refractivity contribution in [2.24, 2.45) is 0 Å². The highest BCUT2D eigenvalue weighted by molar-refractivity contribution is 6.22. The third-order valence-electron chi connectivity index (χ3n) is 24.3. The van der Waals surface area contributed by atoms with Crippen molar-refractivity contribution in [3.63, 3.8) is 0 Å². The molecule has 0 saturated heterocycles. The van der Waals surface area contributed by atoms with E-state index >= 15 is 0 Å². The van der Waals surface area contributed by atoms with Crippen LogP contribution in [-0.4, -0.2) is 0 Å². The first-order chi connectivity index (χ1) is 51.2. The van der Waals surface area contributed by atoms with Crippen molar-refractivity contribution in [3.8, 4) is 77.9 Å². The fourth-order valence-electron chi connectivity index (χ4n) is 20.8. The lowest BCUT2D eigenvalue weighted by Crippen LogP contribution is -2.36. The van der Waals surface area contributed by atoms with Gasteiger partial charge in [0.15, 0.2) is 0 Å². The Hall–Kier alpha value is -13.1. The summed E-state index contributed by atoms with van der Waals surface area (Å²) >= 11 is 0. The van der Waals surface area contributed by atoms with E-state index in [-0.39, 0.29) is 0 Å². The number of nitrogens with zero attached hydrogens (tertiary/aromatic N) is 2. The molecule has 2 heteroatoms. The van der Waals surface area contributed by atoms with E-state index in [0.717, 1.165) is 11.4 Å². The molecule has 0 aromatic heterocycles. The SMILES string of the molecule is c1ccc(N2c3ccccc3C3(c4ccccc4-c4c(-c5cccc6c(-c7cccc8c7C7(c9ccccc9-c9ccccc97)c7ccccc7-8)c7cccc(-c8cccc9c8-c8ccccc8C98c9ccccc9N(c9ccccc9)c9ccccc98)c7cc56)cccc43)c3ccccc32)cc1. The standard InChI is InChI=1S/C101H62N2/c1-3-30-63(31-4-1)102-91-58-21-17-52-85(91)99(86-53-18-22-59-92(86)102)83-50-15-10-37-75(83)96-70(43-28-56-89(96)99)65-39-25-41-72-78(65)62-79-66(40-26-42-73(79)95(72)77-46-27-45-74-69-36-9-14-49-82(69)101(98(74)77)80-47-12-7-34-67(80)68-35-8-13-48-81(68)101)71-44-29-57-90-97(71)76-38-11-16-51-84(76)100(90)87-54-19-23-60-93(87)103(64-32-5-2-6-33-64)94-61-24-20-55-88(94)100/h1-62H. The van der Waals surface area contributed by atoms with Gasteiger partial charge in [-0.25, -0.2) is 0 Å². The Morgan fingerprint density at radius 1 is 0.155 bits per heavy atom. The van der Waals surface area contributed by atoms with Crippen molar-refractivity contribution in [2.75, 3.05) is 9.80 Å². The monoisotopic (exact) mass is 1300 g/mol. The third kappa shape index (κ3) is 7.07.